The summed E-state index contributed by atoms with van der Waals surface area (Å²) in [5.41, 5.74) is 0.255. The lowest BCUT2D eigenvalue weighted by atomic mass is 10.1. The van der Waals surface area contributed by atoms with Gasteiger partial charge in [-0.25, -0.2) is 9.97 Å². The Labute approximate surface area is 160 Å². The second-order valence-corrected chi connectivity index (χ2v) is 7.37. The molecule has 0 bridgehead atoms. The van der Waals surface area contributed by atoms with Gasteiger partial charge in [-0.1, -0.05) is 30.3 Å². The molecule has 1 aromatic heterocycles. The number of fused-ring (bicyclic) bond motifs is 1. The fraction of sp³-hybridized carbons (Fsp3) is 0.364. The van der Waals surface area contributed by atoms with E-state index in [2.05, 4.69) is 65.2 Å². The molecule has 1 fully saturated rings. The third kappa shape index (κ3) is 3.66. The molecule has 1 saturated heterocycles. The number of piperazine rings is 1. The minimum Gasteiger partial charge on any atom is -0.467 e. The Kier molecular flexibility index (Phi) is 4.81. The third-order valence-electron chi connectivity index (χ3n) is 5.40. The number of rotatable bonds is 4. The van der Waals surface area contributed by atoms with Gasteiger partial charge in [0, 0.05) is 32.4 Å². The largest absolute Gasteiger partial charge is 0.467 e. The Morgan fingerprint density at radius 1 is 0.963 bits per heavy atom. The van der Waals surface area contributed by atoms with E-state index in [0.29, 0.717) is 0 Å². The normalized spacial score (nSPS) is 18.3. The van der Waals surface area contributed by atoms with Crippen LogP contribution in [0, 0.1) is 6.92 Å². The molecule has 1 atom stereocenters. The maximum Gasteiger partial charge on any atom is 0.203 e. The van der Waals surface area contributed by atoms with Crippen LogP contribution in [0.4, 0.5) is 0 Å². The van der Waals surface area contributed by atoms with Gasteiger partial charge in [-0.2, -0.15) is 0 Å². The van der Waals surface area contributed by atoms with Crippen LogP contribution in [0.15, 0.2) is 54.7 Å². The summed E-state index contributed by atoms with van der Waals surface area (Å²) in [4.78, 5) is 13.7. The summed E-state index contributed by atoms with van der Waals surface area (Å²) in [5.74, 6) is 1.61. The molecule has 5 heteroatoms. The molecular weight excluding hydrogens is 336 g/mol. The molecule has 0 radical (unpaired) electrons. The zero-order chi connectivity index (χ0) is 18.9. The Hall–Kier alpha value is -2.50. The molecule has 1 unspecified atom stereocenters. The van der Waals surface area contributed by atoms with Crippen molar-refractivity contribution in [3.8, 4) is 5.75 Å². The summed E-state index contributed by atoms with van der Waals surface area (Å²) in [5, 5.41) is 2.39. The third-order valence-corrected chi connectivity index (χ3v) is 5.40. The predicted octanol–water partition coefficient (Wildman–Crippen LogP) is 3.44. The van der Waals surface area contributed by atoms with E-state index in [1.807, 2.05) is 25.3 Å². The number of hydrogen-bond donors (Lipinski definition) is 0. The average Bonchev–Trinajstić information content (AvgIpc) is 2.68. The zero-order valence-electron chi connectivity index (χ0n) is 16.2. The second-order valence-electron chi connectivity index (χ2n) is 7.37. The van der Waals surface area contributed by atoms with E-state index in [-0.39, 0.29) is 0 Å². The van der Waals surface area contributed by atoms with Gasteiger partial charge in [0.05, 0.1) is 0 Å². The molecule has 0 spiro atoms. The van der Waals surface area contributed by atoms with E-state index in [4.69, 9.17) is 9.72 Å². The van der Waals surface area contributed by atoms with Crippen LogP contribution in [0.2, 0.25) is 0 Å². The fourth-order valence-corrected chi connectivity index (χ4v) is 3.69. The maximum atomic E-state index is 6.64. The van der Waals surface area contributed by atoms with E-state index in [1.165, 1.54) is 10.8 Å². The van der Waals surface area contributed by atoms with Crippen LogP contribution in [-0.4, -0.2) is 53.0 Å². The van der Waals surface area contributed by atoms with E-state index < -0.39 is 5.72 Å². The first kappa shape index (κ1) is 17.9. The summed E-state index contributed by atoms with van der Waals surface area (Å²) in [6, 6.07) is 16.6. The van der Waals surface area contributed by atoms with Crippen molar-refractivity contribution in [2.24, 2.45) is 0 Å². The van der Waals surface area contributed by atoms with Crippen molar-refractivity contribution in [2.45, 2.75) is 19.6 Å². The van der Waals surface area contributed by atoms with E-state index in [1.54, 1.807) is 0 Å². The van der Waals surface area contributed by atoms with Gasteiger partial charge in [0.25, 0.3) is 0 Å². The van der Waals surface area contributed by atoms with Gasteiger partial charge in [-0.15, -0.1) is 0 Å². The molecule has 1 aliphatic heterocycles. The average molecular weight is 362 g/mol. The Bertz CT molecular complexity index is 936. The summed E-state index contributed by atoms with van der Waals surface area (Å²) < 4.78 is 6.64. The van der Waals surface area contributed by atoms with Crippen molar-refractivity contribution >= 4 is 10.8 Å². The van der Waals surface area contributed by atoms with Gasteiger partial charge in [-0.05, 0) is 49.9 Å². The van der Waals surface area contributed by atoms with Gasteiger partial charge in [-0.3, -0.25) is 4.90 Å². The number of aromatic nitrogens is 2. The smallest absolute Gasteiger partial charge is 0.203 e. The summed E-state index contributed by atoms with van der Waals surface area (Å²) in [6.07, 6.45) is 1.82. The first-order chi connectivity index (χ1) is 13.0. The van der Waals surface area contributed by atoms with Gasteiger partial charge >= 0.3 is 0 Å². The second kappa shape index (κ2) is 7.25. The summed E-state index contributed by atoms with van der Waals surface area (Å²) in [7, 11) is 2.16. The molecule has 3 aromatic rings. The van der Waals surface area contributed by atoms with Crippen LogP contribution in [0.5, 0.6) is 5.75 Å². The first-order valence-electron chi connectivity index (χ1n) is 9.46. The maximum absolute atomic E-state index is 6.64. The summed E-state index contributed by atoms with van der Waals surface area (Å²) >= 11 is 0. The predicted molar refractivity (Wildman–Crippen MR) is 108 cm³/mol. The molecule has 0 amide bonds. The van der Waals surface area contributed by atoms with Crippen LogP contribution in [0.1, 0.15) is 18.4 Å². The Morgan fingerprint density at radius 2 is 1.70 bits per heavy atom. The molecular formula is C22H26N4O. The molecule has 140 valence electrons. The standard InChI is InChI=1S/C22H26N4O/c1-17-23-11-10-21(24-17)22(2,26-14-12-25(3)13-15-26)27-20-9-8-18-6-4-5-7-19(18)16-20/h4-11,16H,12-15H2,1-3H3. The van der Waals surface area contributed by atoms with Crippen LogP contribution < -0.4 is 4.74 Å². The lowest BCUT2D eigenvalue weighted by molar-refractivity contribution is -0.0972. The lowest BCUT2D eigenvalue weighted by Gasteiger charge is -2.44. The van der Waals surface area contributed by atoms with E-state index in [9.17, 15) is 0 Å². The van der Waals surface area contributed by atoms with Crippen LogP contribution >= 0.6 is 0 Å². The van der Waals surface area contributed by atoms with Gasteiger partial charge in [0.1, 0.15) is 17.3 Å². The van der Waals surface area contributed by atoms with Gasteiger partial charge < -0.3 is 9.64 Å². The fourth-order valence-electron chi connectivity index (χ4n) is 3.69. The highest BCUT2D eigenvalue weighted by Crippen LogP contribution is 2.33. The van der Waals surface area contributed by atoms with Crippen LogP contribution in [0.3, 0.4) is 0 Å². The number of ether oxygens (including phenoxy) is 1. The van der Waals surface area contributed by atoms with Crippen molar-refractivity contribution in [3.05, 3.63) is 66.2 Å². The summed E-state index contributed by atoms with van der Waals surface area (Å²) in [6.45, 7) is 7.94. The molecule has 2 heterocycles. The minimum atomic E-state index is -0.641. The van der Waals surface area contributed by atoms with Crippen molar-refractivity contribution in [1.29, 1.82) is 0 Å². The highest BCUT2D eigenvalue weighted by Gasteiger charge is 2.39. The number of aryl methyl sites for hydroxylation is 1. The lowest BCUT2D eigenvalue weighted by Crippen LogP contribution is -2.56. The molecule has 4 rings (SSSR count). The molecule has 0 saturated carbocycles. The van der Waals surface area contributed by atoms with Crippen molar-refractivity contribution in [2.75, 3.05) is 33.2 Å². The van der Waals surface area contributed by atoms with Crippen molar-refractivity contribution in [1.82, 2.24) is 19.8 Å². The van der Waals surface area contributed by atoms with E-state index >= 15 is 0 Å². The quantitative estimate of drug-likeness (QED) is 0.711. The number of hydrogen-bond acceptors (Lipinski definition) is 5. The van der Waals surface area contributed by atoms with Crippen molar-refractivity contribution < 1.29 is 4.74 Å². The number of nitrogens with zero attached hydrogens (tertiary/aromatic N) is 4. The van der Waals surface area contributed by atoms with Gasteiger partial charge in [0.15, 0.2) is 0 Å². The molecule has 2 aromatic carbocycles. The minimum absolute atomic E-state index is 0.641. The van der Waals surface area contributed by atoms with Gasteiger partial charge in [0.2, 0.25) is 5.72 Å². The SMILES string of the molecule is Cc1nccc(C(C)(Oc2ccc3ccccc3c2)N2CCN(C)CC2)n1. The Balaban J connectivity index is 1.72. The molecule has 5 nitrogen and oxygen atoms in total. The number of benzene rings is 2. The number of likely N-dealkylation sites (N-methyl/N-ethyl adjacent to an activating group) is 1. The molecule has 27 heavy (non-hydrogen) atoms. The monoisotopic (exact) mass is 362 g/mol. The van der Waals surface area contributed by atoms with Crippen LogP contribution in [-0.2, 0) is 5.72 Å². The highest BCUT2D eigenvalue weighted by atomic mass is 16.5. The van der Waals surface area contributed by atoms with Crippen molar-refractivity contribution in [3.63, 3.8) is 0 Å². The zero-order valence-corrected chi connectivity index (χ0v) is 16.2. The Morgan fingerprint density at radius 3 is 2.44 bits per heavy atom. The molecule has 0 N–H and O–H groups in total. The topological polar surface area (TPSA) is 41.5 Å². The first-order valence-corrected chi connectivity index (χ1v) is 9.46. The molecule has 1 aliphatic rings. The van der Waals surface area contributed by atoms with Crippen LogP contribution in [0.25, 0.3) is 10.8 Å². The highest BCUT2D eigenvalue weighted by molar-refractivity contribution is 5.83. The van der Waals surface area contributed by atoms with E-state index in [0.717, 1.165) is 43.4 Å². The molecule has 0 aliphatic carbocycles.